The molecule has 32 heavy (non-hydrogen) atoms. The molecule has 8 nitrogen and oxygen atoms in total. The van der Waals surface area contributed by atoms with Gasteiger partial charge in [-0.25, -0.2) is 21.6 Å². The lowest BCUT2D eigenvalue weighted by atomic mass is 9.88. The second-order valence-electron chi connectivity index (χ2n) is 6.92. The molecule has 5 rings (SSSR count). The molecule has 5 aromatic rings. The topological polar surface area (TPSA) is 145 Å². The molecule has 0 heterocycles. The summed E-state index contributed by atoms with van der Waals surface area (Å²) in [6.07, 6.45) is 0. The number of nitrogens with one attached hydrogen (secondary N) is 4. The van der Waals surface area contributed by atoms with Gasteiger partial charge in [-0.2, -0.15) is 20.0 Å². The molecular weight excluding hydrogens is 400 g/mol. The molecule has 0 saturated carbocycles. The van der Waals surface area contributed by atoms with E-state index in [1.165, 1.54) is 0 Å². The Morgan fingerprint density at radius 3 is 0.844 bits per heavy atom. The number of aliphatic imine (C=N–C) groups is 4. The van der Waals surface area contributed by atoms with Crippen LogP contribution in [0.25, 0.3) is 43.1 Å². The maximum Gasteiger partial charge on any atom is 0.0918 e. The minimum Gasteiger partial charge on any atom is -0.241 e. The van der Waals surface area contributed by atoms with Crippen molar-refractivity contribution in [3.8, 4) is 0 Å². The van der Waals surface area contributed by atoms with Crippen molar-refractivity contribution in [2.24, 2.45) is 20.0 Å². The quantitative estimate of drug-likeness (QED) is 0.134. The highest BCUT2D eigenvalue weighted by atomic mass is 14.8. The first-order valence-corrected chi connectivity index (χ1v) is 9.43. The molecule has 0 unspecified atom stereocenters. The molecule has 5 aromatic carbocycles. The molecule has 0 aliphatic rings. The van der Waals surface area contributed by atoms with E-state index in [1.54, 1.807) is 24.3 Å². The van der Waals surface area contributed by atoms with Gasteiger partial charge < -0.3 is 0 Å². The maximum absolute atomic E-state index is 7.33. The minimum absolute atomic E-state index is 0.532. The molecule has 4 N–H and O–H groups in total. The molecule has 0 aromatic heterocycles. The van der Waals surface area contributed by atoms with Gasteiger partial charge >= 0.3 is 0 Å². The molecule has 0 aliphatic heterocycles. The summed E-state index contributed by atoms with van der Waals surface area (Å²) in [6, 6.07) is 23.3. The lowest BCUT2D eigenvalue weighted by Crippen LogP contribution is -1.89. The highest BCUT2D eigenvalue weighted by Crippen LogP contribution is 2.49. The van der Waals surface area contributed by atoms with Crippen LogP contribution in [-0.2, 0) is 0 Å². The minimum atomic E-state index is 0.532. The first kappa shape index (κ1) is 18.9. The zero-order valence-electron chi connectivity index (χ0n) is 16.4. The van der Waals surface area contributed by atoms with E-state index in [0.717, 1.165) is 32.3 Å². The van der Waals surface area contributed by atoms with E-state index in [-0.39, 0.29) is 0 Å². The van der Waals surface area contributed by atoms with Crippen molar-refractivity contribution < 1.29 is 0 Å². The summed E-state index contributed by atoms with van der Waals surface area (Å²) in [5, 5.41) is 36.3. The Labute approximate surface area is 180 Å². The van der Waals surface area contributed by atoms with Crippen LogP contribution in [0.1, 0.15) is 0 Å². The molecule has 0 atom stereocenters. The predicted molar refractivity (Wildman–Crippen MR) is 127 cm³/mol. The lowest BCUT2D eigenvalue weighted by molar-refractivity contribution is 1.48. The second kappa shape index (κ2) is 7.31. The Balaban J connectivity index is 2.16. The van der Waals surface area contributed by atoms with E-state index in [2.05, 4.69) is 44.0 Å². The van der Waals surface area contributed by atoms with Gasteiger partial charge in [0.15, 0.2) is 0 Å². The van der Waals surface area contributed by atoms with Gasteiger partial charge in [0.05, 0.1) is 46.8 Å². The van der Waals surface area contributed by atoms with Crippen LogP contribution in [0.4, 0.5) is 22.7 Å². The van der Waals surface area contributed by atoms with Crippen LogP contribution < -0.4 is 0 Å². The van der Waals surface area contributed by atoms with E-state index in [4.69, 9.17) is 21.6 Å². The summed E-state index contributed by atoms with van der Waals surface area (Å²) in [5.41, 5.74) is 2.13. The second-order valence-corrected chi connectivity index (χ2v) is 6.92. The first-order valence-electron chi connectivity index (χ1n) is 9.43. The zero-order chi connectivity index (χ0) is 22.2. The first-order chi connectivity index (χ1) is 15.7. The summed E-state index contributed by atoms with van der Waals surface area (Å²) in [7, 11) is 0. The molecule has 0 fully saturated rings. The van der Waals surface area contributed by atoms with Crippen molar-refractivity contribution in [1.82, 2.24) is 0 Å². The van der Waals surface area contributed by atoms with Gasteiger partial charge in [0.25, 0.3) is 0 Å². The van der Waals surface area contributed by atoms with E-state index < -0.39 is 0 Å². The molecule has 0 radical (unpaired) electrons. The average molecular weight is 412 g/mol. The Bertz CT molecular complexity index is 1530. The van der Waals surface area contributed by atoms with E-state index >= 15 is 0 Å². The third kappa shape index (κ3) is 2.54. The summed E-state index contributed by atoms with van der Waals surface area (Å²) in [6.45, 7) is 0. The van der Waals surface area contributed by atoms with Crippen molar-refractivity contribution in [3.63, 3.8) is 0 Å². The summed E-state index contributed by atoms with van der Waals surface area (Å²) < 4.78 is 0. The van der Waals surface area contributed by atoms with Crippen LogP contribution in [0.3, 0.4) is 0 Å². The van der Waals surface area contributed by atoms with Gasteiger partial charge in [0.1, 0.15) is 0 Å². The SMILES string of the molecule is N=C=Nc1ccc2c3ccc(N=C=N)c4c(N=C=N)ccc(c5ccc(N=C=N)c1c25)c43. The van der Waals surface area contributed by atoms with Gasteiger partial charge in [0.2, 0.25) is 0 Å². The predicted octanol–water partition coefficient (Wildman–Crippen LogP) is 7.27. The maximum atomic E-state index is 7.33. The highest BCUT2D eigenvalue weighted by molar-refractivity contribution is 6.37. The van der Waals surface area contributed by atoms with Crippen molar-refractivity contribution >= 4 is 89.9 Å². The largest absolute Gasteiger partial charge is 0.241 e. The van der Waals surface area contributed by atoms with Crippen LogP contribution in [-0.4, -0.2) is 24.0 Å². The van der Waals surface area contributed by atoms with Crippen LogP contribution >= 0.6 is 0 Å². The molecule has 0 aliphatic carbocycles. The van der Waals surface area contributed by atoms with E-state index in [0.29, 0.717) is 33.5 Å². The highest BCUT2D eigenvalue weighted by Gasteiger charge is 2.19. The van der Waals surface area contributed by atoms with Crippen LogP contribution in [0.2, 0.25) is 0 Å². The van der Waals surface area contributed by atoms with Crippen molar-refractivity contribution in [2.75, 3.05) is 0 Å². The molecule has 148 valence electrons. The summed E-state index contributed by atoms with van der Waals surface area (Å²) in [5.74, 6) is 0. The number of fused-ring (bicyclic) bond motifs is 2. The summed E-state index contributed by atoms with van der Waals surface area (Å²) in [4.78, 5) is 16.3. The van der Waals surface area contributed by atoms with Crippen molar-refractivity contribution in [2.45, 2.75) is 0 Å². The number of benzene rings is 5. The Morgan fingerprint density at radius 2 is 0.625 bits per heavy atom. The molecular formula is C24H12N8. The monoisotopic (exact) mass is 412 g/mol. The molecule has 0 saturated heterocycles. The van der Waals surface area contributed by atoms with Crippen LogP contribution in [0.15, 0.2) is 68.5 Å². The fraction of sp³-hybridized carbons (Fsp3) is 0. The normalized spacial score (nSPS) is 10.5. The standard InChI is InChI=1S/C24H12N8/c25-9-29-17-5-1-13-14-2-6-19(31-11-27)24-20(32-12-28)8-4-16(22(14)24)15-3-7-18(30-10-26)23(17)21(13)15/h1-8,25-28H. The fourth-order valence-corrected chi connectivity index (χ4v) is 4.43. The number of hydrogen-bond donors (Lipinski definition) is 4. The third-order valence-corrected chi connectivity index (χ3v) is 5.52. The smallest absolute Gasteiger partial charge is 0.0918 e. The van der Waals surface area contributed by atoms with E-state index in [9.17, 15) is 0 Å². The summed E-state index contributed by atoms with van der Waals surface area (Å²) >= 11 is 0. The lowest BCUT2D eigenvalue weighted by Gasteiger charge is -2.17. The Kier molecular flexibility index (Phi) is 4.32. The Hall–Kier alpha value is -5.08. The zero-order valence-corrected chi connectivity index (χ0v) is 16.4. The average Bonchev–Trinajstić information content (AvgIpc) is 2.81. The number of nitrogens with zero attached hydrogens (tertiary/aromatic N) is 4. The Morgan fingerprint density at radius 1 is 0.375 bits per heavy atom. The van der Waals surface area contributed by atoms with Crippen molar-refractivity contribution in [1.29, 1.82) is 21.6 Å². The number of rotatable bonds is 4. The van der Waals surface area contributed by atoms with Crippen molar-refractivity contribution in [3.05, 3.63) is 48.5 Å². The van der Waals surface area contributed by atoms with E-state index in [1.807, 2.05) is 24.3 Å². The van der Waals surface area contributed by atoms with Crippen LogP contribution in [0.5, 0.6) is 0 Å². The van der Waals surface area contributed by atoms with Gasteiger partial charge in [-0.05, 0) is 45.8 Å². The van der Waals surface area contributed by atoms with Crippen LogP contribution in [0, 0.1) is 21.6 Å². The third-order valence-electron chi connectivity index (χ3n) is 5.52. The van der Waals surface area contributed by atoms with Gasteiger partial charge in [-0.15, -0.1) is 0 Å². The molecule has 0 bridgehead atoms. The van der Waals surface area contributed by atoms with Gasteiger partial charge in [0, 0.05) is 21.5 Å². The molecule has 0 spiro atoms. The van der Waals surface area contributed by atoms with Gasteiger partial charge in [-0.3, -0.25) is 0 Å². The number of hydrogen-bond acceptors (Lipinski definition) is 8. The van der Waals surface area contributed by atoms with Gasteiger partial charge in [-0.1, -0.05) is 24.3 Å². The fourth-order valence-electron chi connectivity index (χ4n) is 4.43. The molecule has 8 heteroatoms. The molecule has 0 amide bonds.